The van der Waals surface area contributed by atoms with Gasteiger partial charge in [0.15, 0.2) is 0 Å². The fourth-order valence-electron chi connectivity index (χ4n) is 1.26. The van der Waals surface area contributed by atoms with E-state index in [2.05, 4.69) is 4.98 Å². The molecule has 4 heteroatoms. The minimum atomic E-state index is -0.712. The Morgan fingerprint density at radius 1 is 1.36 bits per heavy atom. The SMILES string of the molecule is Nc1ccccc1C(O)c1nccs1. The lowest BCUT2D eigenvalue weighted by atomic mass is 10.1. The molecule has 2 rings (SSSR count). The molecule has 0 spiro atoms. The summed E-state index contributed by atoms with van der Waals surface area (Å²) in [6, 6.07) is 7.27. The number of anilines is 1. The summed E-state index contributed by atoms with van der Waals surface area (Å²) in [6.45, 7) is 0. The third-order valence-corrected chi connectivity index (χ3v) is 2.80. The van der Waals surface area contributed by atoms with Crippen LogP contribution < -0.4 is 5.73 Å². The van der Waals surface area contributed by atoms with Crippen molar-refractivity contribution < 1.29 is 5.11 Å². The molecular formula is C10H10N2OS. The Hall–Kier alpha value is -1.39. The van der Waals surface area contributed by atoms with Gasteiger partial charge in [0, 0.05) is 22.8 Å². The van der Waals surface area contributed by atoms with Crippen molar-refractivity contribution in [2.75, 3.05) is 5.73 Å². The molecule has 0 aliphatic rings. The summed E-state index contributed by atoms with van der Waals surface area (Å²) in [5.41, 5.74) is 7.05. The Labute approximate surface area is 85.8 Å². The molecule has 0 amide bonds. The first-order valence-corrected chi connectivity index (χ1v) is 5.09. The molecule has 0 fully saturated rings. The van der Waals surface area contributed by atoms with Crippen molar-refractivity contribution in [2.24, 2.45) is 0 Å². The molecule has 72 valence electrons. The highest BCUT2D eigenvalue weighted by molar-refractivity contribution is 7.09. The van der Waals surface area contributed by atoms with Crippen molar-refractivity contribution >= 4 is 17.0 Å². The van der Waals surface area contributed by atoms with E-state index in [1.54, 1.807) is 18.3 Å². The van der Waals surface area contributed by atoms with Crippen LogP contribution in [0.15, 0.2) is 35.8 Å². The largest absolute Gasteiger partial charge is 0.398 e. The maximum absolute atomic E-state index is 9.93. The van der Waals surface area contributed by atoms with Gasteiger partial charge >= 0.3 is 0 Å². The zero-order valence-corrected chi connectivity index (χ0v) is 8.24. The number of hydrogen-bond acceptors (Lipinski definition) is 4. The number of nitrogen functional groups attached to an aromatic ring is 1. The lowest BCUT2D eigenvalue weighted by Gasteiger charge is -2.09. The average molecular weight is 206 g/mol. The number of aromatic nitrogens is 1. The van der Waals surface area contributed by atoms with E-state index in [9.17, 15) is 5.11 Å². The maximum Gasteiger partial charge on any atom is 0.132 e. The summed E-state index contributed by atoms with van der Waals surface area (Å²) < 4.78 is 0. The minimum absolute atomic E-state index is 0.593. The van der Waals surface area contributed by atoms with Gasteiger partial charge in [0.1, 0.15) is 11.1 Å². The third kappa shape index (κ3) is 1.62. The van der Waals surface area contributed by atoms with Gasteiger partial charge < -0.3 is 10.8 Å². The standard InChI is InChI=1S/C10H10N2OS/c11-8-4-2-1-3-7(8)9(13)10-12-5-6-14-10/h1-6,9,13H,11H2. The number of aliphatic hydroxyl groups excluding tert-OH is 1. The van der Waals surface area contributed by atoms with Crippen molar-refractivity contribution in [3.8, 4) is 0 Å². The molecule has 2 aromatic rings. The van der Waals surface area contributed by atoms with Crippen LogP contribution in [0.1, 0.15) is 16.7 Å². The molecule has 1 atom stereocenters. The summed E-state index contributed by atoms with van der Waals surface area (Å²) in [5, 5.41) is 12.4. The monoisotopic (exact) mass is 206 g/mol. The Balaban J connectivity index is 2.37. The summed E-state index contributed by atoms with van der Waals surface area (Å²) in [5.74, 6) is 0. The Morgan fingerprint density at radius 2 is 2.14 bits per heavy atom. The molecular weight excluding hydrogens is 196 g/mol. The van der Waals surface area contributed by atoms with Crippen molar-refractivity contribution in [1.82, 2.24) is 4.98 Å². The first-order chi connectivity index (χ1) is 6.79. The van der Waals surface area contributed by atoms with E-state index in [1.165, 1.54) is 11.3 Å². The van der Waals surface area contributed by atoms with Crippen molar-refractivity contribution in [2.45, 2.75) is 6.10 Å². The number of rotatable bonds is 2. The quantitative estimate of drug-likeness (QED) is 0.737. The van der Waals surface area contributed by atoms with Crippen LogP contribution in [0.4, 0.5) is 5.69 Å². The van der Waals surface area contributed by atoms with E-state index < -0.39 is 6.10 Å². The zero-order valence-electron chi connectivity index (χ0n) is 7.42. The molecule has 1 aromatic heterocycles. The highest BCUT2D eigenvalue weighted by Gasteiger charge is 2.14. The van der Waals surface area contributed by atoms with E-state index in [-0.39, 0.29) is 0 Å². The number of thiazole rings is 1. The second kappa shape index (κ2) is 3.77. The first-order valence-electron chi connectivity index (χ1n) is 4.21. The fraction of sp³-hybridized carbons (Fsp3) is 0.100. The van der Waals surface area contributed by atoms with Crippen LogP contribution >= 0.6 is 11.3 Å². The smallest absolute Gasteiger partial charge is 0.132 e. The normalized spacial score (nSPS) is 12.6. The number of para-hydroxylation sites is 1. The summed E-state index contributed by atoms with van der Waals surface area (Å²) >= 11 is 1.42. The van der Waals surface area contributed by atoms with Crippen LogP contribution in [-0.2, 0) is 0 Å². The Bertz CT molecular complexity index is 414. The summed E-state index contributed by atoms with van der Waals surface area (Å²) in [7, 11) is 0. The Kier molecular flexibility index (Phi) is 2.47. The van der Waals surface area contributed by atoms with Gasteiger partial charge in [-0.25, -0.2) is 4.98 Å². The number of nitrogens with two attached hydrogens (primary N) is 1. The second-order valence-electron chi connectivity index (χ2n) is 2.90. The average Bonchev–Trinajstić information content (AvgIpc) is 2.70. The third-order valence-electron chi connectivity index (χ3n) is 1.98. The van der Waals surface area contributed by atoms with Crippen LogP contribution in [0.25, 0.3) is 0 Å². The van der Waals surface area contributed by atoms with Gasteiger partial charge in [0.2, 0.25) is 0 Å². The maximum atomic E-state index is 9.93. The van der Waals surface area contributed by atoms with E-state index >= 15 is 0 Å². The topological polar surface area (TPSA) is 59.1 Å². The molecule has 14 heavy (non-hydrogen) atoms. The molecule has 0 saturated carbocycles. The van der Waals surface area contributed by atoms with Crippen molar-refractivity contribution in [3.05, 3.63) is 46.4 Å². The highest BCUT2D eigenvalue weighted by Crippen LogP contribution is 2.27. The minimum Gasteiger partial charge on any atom is -0.398 e. The number of hydrogen-bond donors (Lipinski definition) is 2. The van der Waals surface area contributed by atoms with E-state index in [0.717, 1.165) is 0 Å². The molecule has 0 aliphatic heterocycles. The highest BCUT2D eigenvalue weighted by atomic mass is 32.1. The molecule has 1 unspecified atom stereocenters. The van der Waals surface area contributed by atoms with Crippen LogP contribution in [-0.4, -0.2) is 10.1 Å². The van der Waals surface area contributed by atoms with Crippen LogP contribution in [0.5, 0.6) is 0 Å². The molecule has 3 N–H and O–H groups in total. The van der Waals surface area contributed by atoms with E-state index in [0.29, 0.717) is 16.3 Å². The van der Waals surface area contributed by atoms with E-state index in [4.69, 9.17) is 5.73 Å². The molecule has 0 aliphatic carbocycles. The van der Waals surface area contributed by atoms with Gasteiger partial charge in [-0.3, -0.25) is 0 Å². The lowest BCUT2D eigenvalue weighted by molar-refractivity contribution is 0.220. The predicted octanol–water partition coefficient (Wildman–Crippen LogP) is 1.81. The molecule has 0 radical (unpaired) electrons. The van der Waals surface area contributed by atoms with Gasteiger partial charge in [0.25, 0.3) is 0 Å². The summed E-state index contributed by atoms with van der Waals surface area (Å²) in [4.78, 5) is 4.05. The van der Waals surface area contributed by atoms with Gasteiger partial charge in [-0.1, -0.05) is 18.2 Å². The lowest BCUT2D eigenvalue weighted by Crippen LogP contribution is -2.02. The first kappa shape index (κ1) is 9.18. The van der Waals surface area contributed by atoms with Gasteiger partial charge in [-0.2, -0.15) is 0 Å². The molecule has 1 aromatic carbocycles. The number of nitrogens with zero attached hydrogens (tertiary/aromatic N) is 1. The second-order valence-corrected chi connectivity index (χ2v) is 3.83. The van der Waals surface area contributed by atoms with Crippen LogP contribution in [0, 0.1) is 0 Å². The molecule has 0 saturated heterocycles. The van der Waals surface area contributed by atoms with Gasteiger partial charge in [-0.05, 0) is 6.07 Å². The number of aliphatic hydroxyl groups is 1. The zero-order chi connectivity index (χ0) is 9.97. The van der Waals surface area contributed by atoms with E-state index in [1.807, 2.05) is 17.5 Å². The molecule has 0 bridgehead atoms. The number of benzene rings is 1. The predicted molar refractivity (Wildman–Crippen MR) is 57.0 cm³/mol. The molecule has 1 heterocycles. The van der Waals surface area contributed by atoms with Gasteiger partial charge in [0.05, 0.1) is 0 Å². The van der Waals surface area contributed by atoms with Gasteiger partial charge in [-0.15, -0.1) is 11.3 Å². The molecule has 3 nitrogen and oxygen atoms in total. The van der Waals surface area contributed by atoms with Crippen molar-refractivity contribution in [1.29, 1.82) is 0 Å². The fourth-order valence-corrected chi connectivity index (χ4v) is 1.90. The Morgan fingerprint density at radius 3 is 2.79 bits per heavy atom. The van der Waals surface area contributed by atoms with Crippen molar-refractivity contribution in [3.63, 3.8) is 0 Å². The summed E-state index contributed by atoms with van der Waals surface area (Å²) in [6.07, 6.45) is 0.957. The van der Waals surface area contributed by atoms with Crippen LogP contribution in [0.3, 0.4) is 0 Å². The van der Waals surface area contributed by atoms with Crippen LogP contribution in [0.2, 0.25) is 0 Å².